The average molecular weight is 343 g/mol. The number of rotatable bonds is 9. The molecule has 25 heavy (non-hydrogen) atoms. The SMILES string of the molecule is COC(=O)[C@H](CCC(=O)c1ccc(OCc2ccccc2)cc1)NO. The second-order valence-corrected chi connectivity index (χ2v) is 5.47. The van der Waals surface area contributed by atoms with Crippen LogP contribution in [-0.2, 0) is 16.1 Å². The molecule has 0 radical (unpaired) electrons. The zero-order chi connectivity index (χ0) is 18.1. The van der Waals surface area contributed by atoms with Crippen LogP contribution in [-0.4, -0.2) is 30.1 Å². The molecule has 0 amide bonds. The number of hydrogen-bond donors (Lipinski definition) is 2. The second-order valence-electron chi connectivity index (χ2n) is 5.47. The number of methoxy groups -OCH3 is 1. The lowest BCUT2D eigenvalue weighted by atomic mass is 10.0. The minimum Gasteiger partial charge on any atom is -0.489 e. The molecule has 0 saturated carbocycles. The summed E-state index contributed by atoms with van der Waals surface area (Å²) in [6, 6.07) is 15.7. The third kappa shape index (κ3) is 5.70. The van der Waals surface area contributed by atoms with Gasteiger partial charge in [-0.3, -0.25) is 9.59 Å². The summed E-state index contributed by atoms with van der Waals surface area (Å²) in [6.45, 7) is 0.455. The van der Waals surface area contributed by atoms with Crippen LogP contribution in [0.1, 0.15) is 28.8 Å². The van der Waals surface area contributed by atoms with E-state index in [1.807, 2.05) is 35.8 Å². The molecular formula is C19H21NO5. The molecular weight excluding hydrogens is 322 g/mol. The van der Waals surface area contributed by atoms with Crippen LogP contribution >= 0.6 is 0 Å². The van der Waals surface area contributed by atoms with Crippen molar-refractivity contribution >= 4 is 11.8 Å². The van der Waals surface area contributed by atoms with Crippen LogP contribution < -0.4 is 10.2 Å². The average Bonchev–Trinajstić information content (AvgIpc) is 2.67. The number of nitrogens with one attached hydrogen (secondary N) is 1. The van der Waals surface area contributed by atoms with Gasteiger partial charge < -0.3 is 14.7 Å². The monoisotopic (exact) mass is 343 g/mol. The van der Waals surface area contributed by atoms with Crippen molar-refractivity contribution in [1.29, 1.82) is 0 Å². The highest BCUT2D eigenvalue weighted by Gasteiger charge is 2.19. The molecule has 0 unspecified atom stereocenters. The minimum atomic E-state index is -0.914. The van der Waals surface area contributed by atoms with Gasteiger partial charge in [-0.2, -0.15) is 5.48 Å². The summed E-state index contributed by atoms with van der Waals surface area (Å²) in [4.78, 5) is 23.5. The second kappa shape index (κ2) is 9.56. The lowest BCUT2D eigenvalue weighted by Crippen LogP contribution is -2.35. The van der Waals surface area contributed by atoms with Crippen LogP contribution in [0.5, 0.6) is 5.75 Å². The Labute approximate surface area is 146 Å². The van der Waals surface area contributed by atoms with E-state index in [-0.39, 0.29) is 18.6 Å². The van der Waals surface area contributed by atoms with Crippen molar-refractivity contribution in [1.82, 2.24) is 5.48 Å². The predicted octanol–water partition coefficient (Wildman–Crippen LogP) is 2.75. The first-order chi connectivity index (χ1) is 12.1. The van der Waals surface area contributed by atoms with Gasteiger partial charge in [-0.1, -0.05) is 30.3 Å². The van der Waals surface area contributed by atoms with Crippen molar-refractivity contribution < 1.29 is 24.3 Å². The van der Waals surface area contributed by atoms with E-state index in [2.05, 4.69) is 4.74 Å². The summed E-state index contributed by atoms with van der Waals surface area (Å²) < 4.78 is 10.2. The van der Waals surface area contributed by atoms with E-state index in [4.69, 9.17) is 9.94 Å². The van der Waals surface area contributed by atoms with E-state index >= 15 is 0 Å². The highest BCUT2D eigenvalue weighted by atomic mass is 16.5. The van der Waals surface area contributed by atoms with Crippen molar-refractivity contribution in [3.63, 3.8) is 0 Å². The molecule has 0 fully saturated rings. The van der Waals surface area contributed by atoms with E-state index in [1.165, 1.54) is 7.11 Å². The largest absolute Gasteiger partial charge is 0.489 e. The molecule has 2 N–H and O–H groups in total. The van der Waals surface area contributed by atoms with Gasteiger partial charge in [0.25, 0.3) is 0 Å². The zero-order valence-corrected chi connectivity index (χ0v) is 14.0. The van der Waals surface area contributed by atoms with Crippen LogP contribution in [0.15, 0.2) is 54.6 Å². The fraction of sp³-hybridized carbons (Fsp3) is 0.263. The number of hydrogen-bond acceptors (Lipinski definition) is 6. The molecule has 0 spiro atoms. The molecule has 0 bridgehead atoms. The molecule has 6 heteroatoms. The van der Waals surface area contributed by atoms with Crippen LogP contribution in [0.25, 0.3) is 0 Å². The van der Waals surface area contributed by atoms with Gasteiger partial charge in [0, 0.05) is 12.0 Å². The van der Waals surface area contributed by atoms with Gasteiger partial charge in [0.05, 0.1) is 7.11 Å². The molecule has 0 aromatic heterocycles. The summed E-state index contributed by atoms with van der Waals surface area (Å²) in [7, 11) is 1.22. The molecule has 0 aliphatic carbocycles. The number of carbonyl (C=O) groups is 2. The van der Waals surface area contributed by atoms with Gasteiger partial charge in [0.1, 0.15) is 18.4 Å². The first-order valence-corrected chi connectivity index (χ1v) is 7.91. The maximum atomic E-state index is 12.2. The first-order valence-electron chi connectivity index (χ1n) is 7.91. The predicted molar refractivity (Wildman–Crippen MR) is 91.5 cm³/mol. The number of Topliss-reactive ketones (excluding diaryl/α,β-unsaturated/α-hetero) is 1. The van der Waals surface area contributed by atoms with Crippen molar-refractivity contribution in [3.8, 4) is 5.75 Å². The molecule has 0 aliphatic rings. The van der Waals surface area contributed by atoms with Gasteiger partial charge in [0.15, 0.2) is 5.78 Å². The Morgan fingerprint density at radius 3 is 2.36 bits per heavy atom. The Morgan fingerprint density at radius 1 is 1.08 bits per heavy atom. The van der Waals surface area contributed by atoms with Gasteiger partial charge >= 0.3 is 5.97 Å². The number of ketones is 1. The lowest BCUT2D eigenvalue weighted by Gasteiger charge is -2.12. The molecule has 0 aliphatic heterocycles. The highest BCUT2D eigenvalue weighted by molar-refractivity contribution is 5.96. The first kappa shape index (κ1) is 18.6. The number of ether oxygens (including phenoxy) is 2. The topological polar surface area (TPSA) is 84.9 Å². The highest BCUT2D eigenvalue weighted by Crippen LogP contribution is 2.16. The van der Waals surface area contributed by atoms with Crippen molar-refractivity contribution in [2.24, 2.45) is 0 Å². The normalized spacial score (nSPS) is 11.6. The molecule has 0 saturated heterocycles. The van der Waals surface area contributed by atoms with E-state index in [0.29, 0.717) is 17.9 Å². The Morgan fingerprint density at radius 2 is 1.76 bits per heavy atom. The molecule has 2 rings (SSSR count). The Hall–Kier alpha value is -2.70. The Kier molecular flexibility index (Phi) is 7.13. The summed E-state index contributed by atoms with van der Waals surface area (Å²) in [6.07, 6.45) is 0.256. The van der Waals surface area contributed by atoms with Gasteiger partial charge in [0.2, 0.25) is 0 Å². The van der Waals surface area contributed by atoms with Crippen molar-refractivity contribution in [2.75, 3.05) is 7.11 Å². The maximum Gasteiger partial charge on any atom is 0.325 e. The van der Waals surface area contributed by atoms with E-state index in [9.17, 15) is 9.59 Å². The standard InChI is InChI=1S/C19H21NO5/c1-24-19(22)17(20-23)11-12-18(21)15-7-9-16(10-8-15)25-13-14-5-3-2-4-6-14/h2-10,17,20,23H,11-13H2,1H3/t17-/m0/s1. The molecule has 6 nitrogen and oxygen atoms in total. The van der Waals surface area contributed by atoms with Crippen LogP contribution in [0.2, 0.25) is 0 Å². The lowest BCUT2D eigenvalue weighted by molar-refractivity contribution is -0.146. The minimum absolute atomic E-state index is 0.109. The van der Waals surface area contributed by atoms with Gasteiger partial charge in [-0.25, -0.2) is 0 Å². The van der Waals surface area contributed by atoms with Crippen molar-refractivity contribution in [2.45, 2.75) is 25.5 Å². The summed E-state index contributed by atoms with van der Waals surface area (Å²) in [5.41, 5.74) is 3.44. The molecule has 132 valence electrons. The maximum absolute atomic E-state index is 12.2. The fourth-order valence-corrected chi connectivity index (χ4v) is 2.28. The Bertz CT molecular complexity index is 685. The molecule has 1 atom stereocenters. The zero-order valence-electron chi connectivity index (χ0n) is 14.0. The number of hydroxylamine groups is 1. The molecule has 2 aromatic rings. The fourth-order valence-electron chi connectivity index (χ4n) is 2.28. The molecule has 2 aromatic carbocycles. The van der Waals surface area contributed by atoms with E-state index in [0.717, 1.165) is 5.56 Å². The summed E-state index contributed by atoms with van der Waals surface area (Å²) >= 11 is 0. The van der Waals surface area contributed by atoms with Gasteiger partial charge in [-0.05, 0) is 36.2 Å². The Balaban J connectivity index is 1.86. The van der Waals surface area contributed by atoms with E-state index < -0.39 is 12.0 Å². The van der Waals surface area contributed by atoms with Crippen molar-refractivity contribution in [3.05, 3.63) is 65.7 Å². The van der Waals surface area contributed by atoms with Crippen LogP contribution in [0.3, 0.4) is 0 Å². The summed E-state index contributed by atoms with van der Waals surface area (Å²) in [5.74, 6) is -0.0661. The molecule has 0 heterocycles. The van der Waals surface area contributed by atoms with Crippen LogP contribution in [0.4, 0.5) is 0 Å². The van der Waals surface area contributed by atoms with E-state index in [1.54, 1.807) is 24.3 Å². The van der Waals surface area contributed by atoms with Gasteiger partial charge in [-0.15, -0.1) is 0 Å². The smallest absolute Gasteiger partial charge is 0.325 e. The third-order valence-electron chi connectivity index (χ3n) is 3.73. The number of carbonyl (C=O) groups excluding carboxylic acids is 2. The quantitative estimate of drug-likeness (QED) is 0.414. The summed E-state index contributed by atoms with van der Waals surface area (Å²) in [5, 5.41) is 8.92. The number of esters is 1. The van der Waals surface area contributed by atoms with Crippen LogP contribution in [0, 0.1) is 0 Å². The third-order valence-corrected chi connectivity index (χ3v) is 3.73. The number of benzene rings is 2.